The summed E-state index contributed by atoms with van der Waals surface area (Å²) in [4.78, 5) is 4.25. The highest BCUT2D eigenvalue weighted by Gasteiger charge is 2.12. The Hall–Kier alpha value is -1.82. The molecule has 0 aliphatic rings. The van der Waals surface area contributed by atoms with Crippen molar-refractivity contribution in [3.05, 3.63) is 46.0 Å². The summed E-state index contributed by atoms with van der Waals surface area (Å²) < 4.78 is 2.82. The van der Waals surface area contributed by atoms with E-state index in [0.29, 0.717) is 5.56 Å². The molecule has 0 aliphatic heterocycles. The van der Waals surface area contributed by atoms with Crippen molar-refractivity contribution >= 4 is 21.8 Å². The Bertz CT molecular complexity index is 619. The molecule has 0 unspecified atom stereocenters. The Morgan fingerprint density at radius 1 is 1.44 bits per heavy atom. The standard InChI is InChI=1S/C12H13BrN4O/c1-7-8(2)17(6-15-7)11-5-9(13)3-4-10(11)12(14)16-18/h3-6,18H,1-2H3,(H2,14,16). The molecule has 0 amide bonds. The summed E-state index contributed by atoms with van der Waals surface area (Å²) in [6, 6.07) is 5.54. The van der Waals surface area contributed by atoms with Gasteiger partial charge in [-0.05, 0) is 32.0 Å². The molecular formula is C12H13BrN4O. The first-order valence-corrected chi connectivity index (χ1v) is 6.12. The minimum absolute atomic E-state index is 0.0725. The fourth-order valence-electron chi connectivity index (χ4n) is 1.72. The predicted octanol–water partition coefficient (Wildman–Crippen LogP) is 2.35. The predicted molar refractivity (Wildman–Crippen MR) is 73.2 cm³/mol. The van der Waals surface area contributed by atoms with Gasteiger partial charge in [-0.1, -0.05) is 21.1 Å². The van der Waals surface area contributed by atoms with Gasteiger partial charge in [0.25, 0.3) is 0 Å². The molecule has 1 aromatic heterocycles. The van der Waals surface area contributed by atoms with Gasteiger partial charge in [-0.25, -0.2) is 4.98 Å². The second-order valence-electron chi connectivity index (χ2n) is 3.93. The molecule has 0 radical (unpaired) electrons. The number of benzene rings is 1. The summed E-state index contributed by atoms with van der Waals surface area (Å²) in [6.07, 6.45) is 1.72. The molecular weight excluding hydrogens is 296 g/mol. The van der Waals surface area contributed by atoms with Crippen LogP contribution in [0.25, 0.3) is 5.69 Å². The van der Waals surface area contributed by atoms with Crippen LogP contribution in [0.5, 0.6) is 0 Å². The molecule has 94 valence electrons. The minimum atomic E-state index is 0.0725. The maximum Gasteiger partial charge on any atom is 0.172 e. The summed E-state index contributed by atoms with van der Waals surface area (Å²) >= 11 is 3.42. The van der Waals surface area contributed by atoms with Crippen LogP contribution in [-0.4, -0.2) is 20.6 Å². The van der Waals surface area contributed by atoms with Gasteiger partial charge in [0.2, 0.25) is 0 Å². The third-order valence-corrected chi connectivity index (χ3v) is 3.35. The molecule has 2 aromatic rings. The Labute approximate surface area is 113 Å². The number of oxime groups is 1. The van der Waals surface area contributed by atoms with Gasteiger partial charge < -0.3 is 15.5 Å². The van der Waals surface area contributed by atoms with Gasteiger partial charge >= 0.3 is 0 Å². The number of nitrogens with two attached hydrogens (primary N) is 1. The quantitative estimate of drug-likeness (QED) is 0.387. The van der Waals surface area contributed by atoms with Gasteiger partial charge in [0, 0.05) is 15.7 Å². The van der Waals surface area contributed by atoms with Crippen molar-refractivity contribution < 1.29 is 5.21 Å². The average Bonchev–Trinajstić information content (AvgIpc) is 2.69. The first-order valence-electron chi connectivity index (χ1n) is 5.33. The summed E-state index contributed by atoms with van der Waals surface area (Å²) in [5.41, 5.74) is 9.12. The molecule has 2 rings (SSSR count). The molecule has 18 heavy (non-hydrogen) atoms. The number of amidine groups is 1. The lowest BCUT2D eigenvalue weighted by Gasteiger charge is -2.11. The summed E-state index contributed by atoms with van der Waals surface area (Å²) in [5, 5.41) is 11.9. The number of aryl methyl sites for hydroxylation is 1. The molecule has 0 saturated carbocycles. The number of hydrogen-bond donors (Lipinski definition) is 2. The molecule has 0 saturated heterocycles. The van der Waals surface area contributed by atoms with Gasteiger partial charge in [0.05, 0.1) is 17.7 Å². The van der Waals surface area contributed by atoms with Crippen LogP contribution in [0.2, 0.25) is 0 Å². The topological polar surface area (TPSA) is 76.4 Å². The minimum Gasteiger partial charge on any atom is -0.409 e. The highest BCUT2D eigenvalue weighted by Crippen LogP contribution is 2.22. The Kier molecular flexibility index (Phi) is 3.38. The lowest BCUT2D eigenvalue weighted by molar-refractivity contribution is 0.318. The smallest absolute Gasteiger partial charge is 0.172 e. The fraction of sp³-hybridized carbons (Fsp3) is 0.167. The molecule has 3 N–H and O–H groups in total. The van der Waals surface area contributed by atoms with Crippen molar-refractivity contribution in [2.75, 3.05) is 0 Å². The van der Waals surface area contributed by atoms with Crippen molar-refractivity contribution in [2.24, 2.45) is 10.9 Å². The lowest BCUT2D eigenvalue weighted by atomic mass is 10.1. The van der Waals surface area contributed by atoms with Gasteiger partial charge in [-0.2, -0.15) is 0 Å². The van der Waals surface area contributed by atoms with Crippen molar-refractivity contribution in [1.29, 1.82) is 0 Å². The van der Waals surface area contributed by atoms with Crippen LogP contribution in [0.4, 0.5) is 0 Å². The van der Waals surface area contributed by atoms with Crippen molar-refractivity contribution in [3.8, 4) is 5.69 Å². The molecule has 6 heteroatoms. The highest BCUT2D eigenvalue weighted by atomic mass is 79.9. The molecule has 1 aromatic carbocycles. The monoisotopic (exact) mass is 308 g/mol. The van der Waals surface area contributed by atoms with E-state index in [1.54, 1.807) is 12.4 Å². The molecule has 0 aliphatic carbocycles. The number of imidazole rings is 1. The molecule has 1 heterocycles. The van der Waals surface area contributed by atoms with Gasteiger partial charge in [-0.15, -0.1) is 0 Å². The lowest BCUT2D eigenvalue weighted by Crippen LogP contribution is -2.16. The van der Waals surface area contributed by atoms with Crippen LogP contribution in [-0.2, 0) is 0 Å². The number of hydrogen-bond acceptors (Lipinski definition) is 3. The maximum atomic E-state index is 8.83. The normalized spacial score (nSPS) is 11.8. The molecule has 0 fully saturated rings. The zero-order valence-corrected chi connectivity index (χ0v) is 11.6. The molecule has 5 nitrogen and oxygen atoms in total. The zero-order chi connectivity index (χ0) is 13.3. The third kappa shape index (κ3) is 2.11. The van der Waals surface area contributed by atoms with E-state index >= 15 is 0 Å². The number of aromatic nitrogens is 2. The Morgan fingerprint density at radius 2 is 2.17 bits per heavy atom. The van der Waals surface area contributed by atoms with Gasteiger partial charge in [0.1, 0.15) is 0 Å². The molecule has 0 bridgehead atoms. The van der Waals surface area contributed by atoms with Crippen LogP contribution in [0.1, 0.15) is 17.0 Å². The van der Waals surface area contributed by atoms with Crippen molar-refractivity contribution in [3.63, 3.8) is 0 Å². The second-order valence-corrected chi connectivity index (χ2v) is 4.85. The van der Waals surface area contributed by atoms with E-state index in [1.165, 1.54) is 0 Å². The third-order valence-electron chi connectivity index (χ3n) is 2.85. The van der Waals surface area contributed by atoms with Crippen LogP contribution < -0.4 is 5.73 Å². The van der Waals surface area contributed by atoms with Crippen LogP contribution in [0.15, 0.2) is 34.2 Å². The number of rotatable bonds is 2. The number of halogens is 1. The summed E-state index contributed by atoms with van der Waals surface area (Å²) in [7, 11) is 0. The summed E-state index contributed by atoms with van der Waals surface area (Å²) in [5.74, 6) is 0.0725. The van der Waals surface area contributed by atoms with Crippen molar-refractivity contribution in [2.45, 2.75) is 13.8 Å². The first-order chi connectivity index (χ1) is 8.54. The Balaban J connectivity index is 2.69. The largest absolute Gasteiger partial charge is 0.409 e. The SMILES string of the molecule is Cc1ncn(-c2cc(Br)ccc2/C(N)=N/O)c1C. The highest BCUT2D eigenvalue weighted by molar-refractivity contribution is 9.10. The van der Waals surface area contributed by atoms with Crippen molar-refractivity contribution in [1.82, 2.24) is 9.55 Å². The van der Waals surface area contributed by atoms with E-state index in [-0.39, 0.29) is 5.84 Å². The average molecular weight is 309 g/mol. The van der Waals surface area contributed by atoms with Gasteiger partial charge in [-0.3, -0.25) is 0 Å². The van der Waals surface area contributed by atoms with Crippen LogP contribution in [0, 0.1) is 13.8 Å². The zero-order valence-electron chi connectivity index (χ0n) is 10.1. The second kappa shape index (κ2) is 4.81. The van der Waals surface area contributed by atoms with E-state index in [9.17, 15) is 0 Å². The summed E-state index contributed by atoms with van der Waals surface area (Å²) in [6.45, 7) is 3.91. The number of nitrogens with zero attached hydrogens (tertiary/aromatic N) is 3. The maximum absolute atomic E-state index is 8.83. The molecule has 0 atom stereocenters. The molecule has 0 spiro atoms. The fourth-order valence-corrected chi connectivity index (χ4v) is 2.07. The van der Waals surface area contributed by atoms with Crippen LogP contribution in [0.3, 0.4) is 0 Å². The van der Waals surface area contributed by atoms with E-state index < -0.39 is 0 Å². The van der Waals surface area contributed by atoms with E-state index in [1.807, 2.05) is 30.5 Å². The Morgan fingerprint density at radius 3 is 2.72 bits per heavy atom. The van der Waals surface area contributed by atoms with Gasteiger partial charge in [0.15, 0.2) is 5.84 Å². The van der Waals surface area contributed by atoms with E-state index in [2.05, 4.69) is 26.1 Å². The first kappa shape index (κ1) is 12.6. The van der Waals surface area contributed by atoms with Crippen LogP contribution >= 0.6 is 15.9 Å². The van der Waals surface area contributed by atoms with E-state index in [0.717, 1.165) is 21.5 Å². The van der Waals surface area contributed by atoms with E-state index in [4.69, 9.17) is 10.9 Å².